The highest BCUT2D eigenvalue weighted by Crippen LogP contribution is 2.36. The number of hydrogen-bond donors (Lipinski definition) is 1. The molecule has 0 aliphatic carbocycles. The van der Waals surface area contributed by atoms with Crippen LogP contribution in [0.15, 0.2) is 36.4 Å². The van der Waals surface area contributed by atoms with Crippen LogP contribution in [0.1, 0.15) is 30.4 Å². The van der Waals surface area contributed by atoms with Crippen molar-refractivity contribution in [1.29, 1.82) is 0 Å². The number of aryl methyl sites for hydroxylation is 1. The molecule has 0 radical (unpaired) electrons. The third-order valence-electron chi connectivity index (χ3n) is 6.73. The molecule has 1 unspecified atom stereocenters. The zero-order valence-corrected chi connectivity index (χ0v) is 20.0. The number of likely N-dealkylation sites (tertiary alicyclic amines) is 2. The first-order valence-electron chi connectivity index (χ1n) is 11.2. The molecule has 2 saturated heterocycles. The fourth-order valence-electron chi connectivity index (χ4n) is 4.81. The van der Waals surface area contributed by atoms with Gasteiger partial charge in [-0.1, -0.05) is 53.0 Å². The van der Waals surface area contributed by atoms with Crippen LogP contribution in [0.2, 0.25) is 10.0 Å². The van der Waals surface area contributed by atoms with Crippen molar-refractivity contribution < 1.29 is 9.59 Å². The monoisotopic (exact) mass is 473 g/mol. The molecule has 170 valence electrons. The highest BCUT2D eigenvalue weighted by molar-refractivity contribution is 6.36. The van der Waals surface area contributed by atoms with Crippen molar-refractivity contribution >= 4 is 35.1 Å². The van der Waals surface area contributed by atoms with Crippen LogP contribution >= 0.6 is 23.2 Å². The van der Waals surface area contributed by atoms with Crippen molar-refractivity contribution in [2.24, 2.45) is 5.92 Å². The molecular weight excluding hydrogens is 445 g/mol. The number of urea groups is 1. The van der Waals surface area contributed by atoms with Gasteiger partial charge in [-0.05, 0) is 61.4 Å². The van der Waals surface area contributed by atoms with Gasteiger partial charge in [-0.15, -0.1) is 0 Å². The Labute approximate surface area is 199 Å². The average Bonchev–Trinajstić information content (AvgIpc) is 3.16. The molecule has 4 rings (SSSR count). The van der Waals surface area contributed by atoms with Crippen LogP contribution in [0.5, 0.6) is 0 Å². The predicted molar refractivity (Wildman–Crippen MR) is 129 cm³/mol. The quantitative estimate of drug-likeness (QED) is 0.666. The lowest BCUT2D eigenvalue weighted by Crippen LogP contribution is -2.49. The summed E-state index contributed by atoms with van der Waals surface area (Å²) < 4.78 is 0. The van der Waals surface area contributed by atoms with Crippen LogP contribution in [0.25, 0.3) is 11.1 Å². The summed E-state index contributed by atoms with van der Waals surface area (Å²) in [5.74, 6) is 0.0744. The highest BCUT2D eigenvalue weighted by atomic mass is 35.5. The Balaban J connectivity index is 1.42. The number of nitrogens with zero attached hydrogens (tertiary/aromatic N) is 2. The van der Waals surface area contributed by atoms with Gasteiger partial charge in [0, 0.05) is 48.7 Å². The molecule has 0 saturated carbocycles. The van der Waals surface area contributed by atoms with E-state index in [-0.39, 0.29) is 23.9 Å². The maximum atomic E-state index is 13.2. The van der Waals surface area contributed by atoms with E-state index in [1.807, 2.05) is 21.9 Å². The van der Waals surface area contributed by atoms with Crippen LogP contribution in [-0.4, -0.2) is 54.5 Å². The second-order valence-corrected chi connectivity index (χ2v) is 9.59. The molecule has 7 heteroatoms. The minimum Gasteiger partial charge on any atom is -0.341 e. The molecule has 2 fully saturated rings. The van der Waals surface area contributed by atoms with E-state index in [1.54, 1.807) is 7.05 Å². The fraction of sp³-hybridized carbons (Fsp3) is 0.440. The van der Waals surface area contributed by atoms with E-state index in [0.29, 0.717) is 29.6 Å². The molecule has 2 heterocycles. The number of amides is 3. The zero-order chi connectivity index (χ0) is 22.8. The van der Waals surface area contributed by atoms with E-state index in [1.165, 1.54) is 5.56 Å². The van der Waals surface area contributed by atoms with Gasteiger partial charge >= 0.3 is 6.03 Å². The van der Waals surface area contributed by atoms with Crippen molar-refractivity contribution in [2.75, 3.05) is 26.7 Å². The molecule has 1 N–H and O–H groups in total. The summed E-state index contributed by atoms with van der Waals surface area (Å²) in [6.07, 6.45) is 3.00. The lowest BCUT2D eigenvalue weighted by atomic mass is 9.95. The molecule has 2 aliphatic rings. The van der Waals surface area contributed by atoms with Crippen molar-refractivity contribution in [1.82, 2.24) is 15.1 Å². The molecule has 3 amide bonds. The molecule has 32 heavy (non-hydrogen) atoms. The van der Waals surface area contributed by atoms with Crippen molar-refractivity contribution in [3.05, 3.63) is 57.6 Å². The third kappa shape index (κ3) is 4.74. The van der Waals surface area contributed by atoms with E-state index in [0.717, 1.165) is 42.5 Å². The average molecular weight is 474 g/mol. The van der Waals surface area contributed by atoms with Crippen molar-refractivity contribution in [3.8, 4) is 11.1 Å². The Kier molecular flexibility index (Phi) is 6.96. The molecular formula is C25H29Cl2N3O2. The van der Waals surface area contributed by atoms with Crippen molar-refractivity contribution in [3.63, 3.8) is 0 Å². The van der Waals surface area contributed by atoms with E-state index >= 15 is 0 Å². The number of hydrogen-bond acceptors (Lipinski definition) is 2. The number of nitrogens with one attached hydrogen (secondary N) is 1. The zero-order valence-electron chi connectivity index (χ0n) is 18.5. The first kappa shape index (κ1) is 22.9. The molecule has 0 aromatic heterocycles. The van der Waals surface area contributed by atoms with E-state index in [9.17, 15) is 9.59 Å². The van der Waals surface area contributed by atoms with Crippen LogP contribution in [0, 0.1) is 12.8 Å². The highest BCUT2D eigenvalue weighted by Gasteiger charge is 2.38. The standard InChI is InChI=1S/C25H29Cl2N3O2/c1-16-3-5-17(6-4-16)19-14-22(26)21(23(27)15-19)13-18-7-12-30(24(18)31)20-8-10-29(11-9-20)25(32)28-2/h3-6,14-15,18,20H,7-13H2,1-2H3,(H,28,32). The van der Waals surface area contributed by atoms with Gasteiger partial charge in [0.1, 0.15) is 0 Å². The summed E-state index contributed by atoms with van der Waals surface area (Å²) in [6.45, 7) is 4.17. The predicted octanol–water partition coefficient (Wildman–Crippen LogP) is 5.16. The van der Waals surface area contributed by atoms with Gasteiger partial charge in [0.05, 0.1) is 0 Å². The SMILES string of the molecule is CNC(=O)N1CCC(N2CCC(Cc3c(Cl)cc(-c4ccc(C)cc4)cc3Cl)C2=O)CC1. The van der Waals surface area contributed by atoms with Crippen LogP contribution in [0.3, 0.4) is 0 Å². The van der Waals surface area contributed by atoms with Gasteiger partial charge in [-0.3, -0.25) is 4.79 Å². The number of carbonyl (C=O) groups is 2. The maximum absolute atomic E-state index is 13.2. The van der Waals surface area contributed by atoms with Gasteiger partial charge in [-0.2, -0.15) is 0 Å². The fourth-order valence-corrected chi connectivity index (χ4v) is 5.45. The second-order valence-electron chi connectivity index (χ2n) is 8.78. The maximum Gasteiger partial charge on any atom is 0.317 e. The van der Waals surface area contributed by atoms with Crippen LogP contribution < -0.4 is 5.32 Å². The number of piperidine rings is 1. The molecule has 1 atom stereocenters. The van der Waals surface area contributed by atoms with E-state index in [2.05, 4.69) is 36.5 Å². The summed E-state index contributed by atoms with van der Waals surface area (Å²) in [5.41, 5.74) is 4.09. The third-order valence-corrected chi connectivity index (χ3v) is 7.41. The lowest BCUT2D eigenvalue weighted by molar-refractivity contribution is -0.133. The Morgan fingerprint density at radius 2 is 1.62 bits per heavy atom. The molecule has 2 aromatic rings. The topological polar surface area (TPSA) is 52.7 Å². The Morgan fingerprint density at radius 3 is 2.22 bits per heavy atom. The lowest BCUT2D eigenvalue weighted by Gasteiger charge is -2.36. The van der Waals surface area contributed by atoms with Gasteiger partial charge in [-0.25, -0.2) is 4.79 Å². The molecule has 0 bridgehead atoms. The summed E-state index contributed by atoms with van der Waals surface area (Å²) in [7, 11) is 1.65. The summed E-state index contributed by atoms with van der Waals surface area (Å²) in [5, 5.41) is 3.89. The number of halogens is 2. The Hall–Kier alpha value is -2.24. The summed E-state index contributed by atoms with van der Waals surface area (Å²) >= 11 is 13.3. The molecule has 5 nitrogen and oxygen atoms in total. The Bertz CT molecular complexity index is 978. The minimum absolute atomic E-state index is 0.0487. The second kappa shape index (κ2) is 9.72. The summed E-state index contributed by atoms with van der Waals surface area (Å²) in [6, 6.07) is 12.3. The van der Waals surface area contributed by atoms with Crippen LogP contribution in [-0.2, 0) is 11.2 Å². The first-order valence-corrected chi connectivity index (χ1v) is 11.9. The normalized spacial score (nSPS) is 19.5. The Morgan fingerprint density at radius 1 is 1.00 bits per heavy atom. The number of rotatable bonds is 4. The van der Waals surface area contributed by atoms with E-state index < -0.39 is 0 Å². The smallest absolute Gasteiger partial charge is 0.317 e. The van der Waals surface area contributed by atoms with E-state index in [4.69, 9.17) is 23.2 Å². The minimum atomic E-state index is -0.104. The van der Waals surface area contributed by atoms with Gasteiger partial charge in [0.2, 0.25) is 5.91 Å². The summed E-state index contributed by atoms with van der Waals surface area (Å²) in [4.78, 5) is 28.8. The van der Waals surface area contributed by atoms with Gasteiger partial charge in [0.25, 0.3) is 0 Å². The number of benzene rings is 2. The first-order chi connectivity index (χ1) is 15.4. The van der Waals surface area contributed by atoms with Crippen molar-refractivity contribution in [2.45, 2.75) is 38.6 Å². The molecule has 2 aromatic carbocycles. The number of carbonyl (C=O) groups excluding carboxylic acids is 2. The largest absolute Gasteiger partial charge is 0.341 e. The molecule has 0 spiro atoms. The van der Waals surface area contributed by atoms with Gasteiger partial charge < -0.3 is 15.1 Å². The molecule has 2 aliphatic heterocycles. The van der Waals surface area contributed by atoms with Gasteiger partial charge in [0.15, 0.2) is 0 Å². The van der Waals surface area contributed by atoms with Crippen LogP contribution in [0.4, 0.5) is 4.79 Å².